The summed E-state index contributed by atoms with van der Waals surface area (Å²) in [6.45, 7) is 2.06. The van der Waals surface area contributed by atoms with Crippen LogP contribution in [0.5, 0.6) is 0 Å². The molecule has 0 fully saturated rings. The van der Waals surface area contributed by atoms with E-state index < -0.39 is 11.1 Å². The lowest BCUT2D eigenvalue weighted by molar-refractivity contribution is 0.564. The van der Waals surface area contributed by atoms with Gasteiger partial charge in [-0.3, -0.25) is 0 Å². The number of hydrogen-bond donors (Lipinski definition) is 1. The summed E-state index contributed by atoms with van der Waals surface area (Å²) in [5.74, 6) is 0. The van der Waals surface area contributed by atoms with Gasteiger partial charge in [-0.1, -0.05) is 31.0 Å². The molecule has 1 unspecified atom stereocenters. The van der Waals surface area contributed by atoms with Gasteiger partial charge in [0.25, 0.3) is 0 Å². The van der Waals surface area contributed by atoms with E-state index in [2.05, 4.69) is 6.92 Å². The van der Waals surface area contributed by atoms with Gasteiger partial charge in [-0.25, -0.2) is 4.21 Å². The Morgan fingerprint density at radius 1 is 1.54 bits per heavy atom. The van der Waals surface area contributed by atoms with E-state index in [0.29, 0.717) is 9.92 Å². The SMILES string of the molecule is CCCc1ccc(Cl)c(S(=O)O)c1. The Labute approximate surface area is 85.2 Å². The second-order valence-corrected chi connectivity index (χ2v) is 4.11. The van der Waals surface area contributed by atoms with Crippen LogP contribution >= 0.6 is 11.6 Å². The molecule has 0 amide bonds. The third-order valence-corrected chi connectivity index (χ3v) is 2.88. The first-order chi connectivity index (χ1) is 6.15. The molecule has 0 heterocycles. The summed E-state index contributed by atoms with van der Waals surface area (Å²) in [5, 5.41) is 0.348. The van der Waals surface area contributed by atoms with E-state index in [-0.39, 0.29) is 0 Å². The number of hydrogen-bond acceptors (Lipinski definition) is 1. The molecule has 0 saturated heterocycles. The molecule has 0 radical (unpaired) electrons. The molecule has 72 valence electrons. The number of halogens is 1. The lowest BCUT2D eigenvalue weighted by Crippen LogP contribution is -1.92. The van der Waals surface area contributed by atoms with Gasteiger partial charge < -0.3 is 4.55 Å². The van der Waals surface area contributed by atoms with Gasteiger partial charge in [-0.2, -0.15) is 0 Å². The van der Waals surface area contributed by atoms with Gasteiger partial charge in [0.05, 0.1) is 9.92 Å². The van der Waals surface area contributed by atoms with Crippen LogP contribution in [0.15, 0.2) is 23.1 Å². The number of rotatable bonds is 3. The highest BCUT2D eigenvalue weighted by molar-refractivity contribution is 7.79. The van der Waals surface area contributed by atoms with Crippen LogP contribution in [0.3, 0.4) is 0 Å². The van der Waals surface area contributed by atoms with Crippen molar-refractivity contribution in [3.05, 3.63) is 28.8 Å². The fourth-order valence-corrected chi connectivity index (χ4v) is 1.93. The Kier molecular flexibility index (Phi) is 3.90. The van der Waals surface area contributed by atoms with Gasteiger partial charge in [0, 0.05) is 0 Å². The van der Waals surface area contributed by atoms with E-state index in [9.17, 15) is 4.21 Å². The van der Waals surface area contributed by atoms with Gasteiger partial charge >= 0.3 is 0 Å². The van der Waals surface area contributed by atoms with Gasteiger partial charge in [-0.05, 0) is 24.1 Å². The Hall–Kier alpha value is -0.380. The van der Waals surface area contributed by atoms with Crippen molar-refractivity contribution < 1.29 is 8.76 Å². The molecule has 1 rings (SSSR count). The summed E-state index contributed by atoms with van der Waals surface area (Å²) < 4.78 is 19.7. The molecule has 0 spiro atoms. The van der Waals surface area contributed by atoms with E-state index in [1.54, 1.807) is 12.1 Å². The average molecular weight is 219 g/mol. The molecule has 1 aromatic carbocycles. The first kappa shape index (κ1) is 10.7. The zero-order chi connectivity index (χ0) is 9.84. The van der Waals surface area contributed by atoms with Crippen molar-refractivity contribution in [2.45, 2.75) is 24.7 Å². The smallest absolute Gasteiger partial charge is 0.188 e. The molecule has 1 atom stereocenters. The van der Waals surface area contributed by atoms with Crippen molar-refractivity contribution in [3.63, 3.8) is 0 Å². The molecule has 0 saturated carbocycles. The Bertz CT molecular complexity index is 325. The van der Waals surface area contributed by atoms with Crippen LogP contribution in [-0.2, 0) is 17.5 Å². The maximum absolute atomic E-state index is 10.8. The van der Waals surface area contributed by atoms with Gasteiger partial charge in [0.2, 0.25) is 0 Å². The maximum atomic E-state index is 10.8. The normalized spacial score (nSPS) is 12.8. The van der Waals surface area contributed by atoms with Crippen LogP contribution in [0.2, 0.25) is 5.02 Å². The molecule has 0 bridgehead atoms. The van der Waals surface area contributed by atoms with Crippen LogP contribution in [0, 0.1) is 0 Å². The summed E-state index contributed by atoms with van der Waals surface area (Å²) >= 11 is 3.75. The molecule has 4 heteroatoms. The van der Waals surface area contributed by atoms with E-state index in [4.69, 9.17) is 16.2 Å². The highest BCUT2D eigenvalue weighted by atomic mass is 35.5. The minimum absolute atomic E-state index is 0.299. The summed E-state index contributed by atoms with van der Waals surface area (Å²) in [5.41, 5.74) is 1.05. The number of benzene rings is 1. The molecular formula is C9H11ClO2S. The molecule has 0 aromatic heterocycles. The van der Waals surface area contributed by atoms with Crippen LogP contribution in [0.4, 0.5) is 0 Å². The third-order valence-electron chi connectivity index (χ3n) is 1.72. The summed E-state index contributed by atoms with van der Waals surface area (Å²) in [7, 11) is 0. The zero-order valence-corrected chi connectivity index (χ0v) is 8.86. The molecule has 0 aliphatic carbocycles. The van der Waals surface area contributed by atoms with E-state index >= 15 is 0 Å². The van der Waals surface area contributed by atoms with Crippen molar-refractivity contribution in [1.82, 2.24) is 0 Å². The summed E-state index contributed by atoms with van der Waals surface area (Å²) in [6, 6.07) is 5.22. The van der Waals surface area contributed by atoms with Crippen molar-refractivity contribution >= 4 is 22.7 Å². The van der Waals surface area contributed by atoms with Crippen LogP contribution in [0.1, 0.15) is 18.9 Å². The summed E-state index contributed by atoms with van der Waals surface area (Å²) in [4.78, 5) is 0.299. The fourth-order valence-electron chi connectivity index (χ4n) is 1.13. The van der Waals surface area contributed by atoms with Crippen LogP contribution < -0.4 is 0 Å². The van der Waals surface area contributed by atoms with Crippen molar-refractivity contribution in [2.24, 2.45) is 0 Å². The van der Waals surface area contributed by atoms with Crippen LogP contribution in [-0.4, -0.2) is 8.76 Å². The van der Waals surface area contributed by atoms with E-state index in [1.807, 2.05) is 6.07 Å². The topological polar surface area (TPSA) is 37.3 Å². The van der Waals surface area contributed by atoms with Gasteiger partial charge in [0.1, 0.15) is 0 Å². The predicted octanol–water partition coefficient (Wildman–Crippen LogP) is 2.87. The van der Waals surface area contributed by atoms with Crippen molar-refractivity contribution in [3.8, 4) is 0 Å². The van der Waals surface area contributed by atoms with Gasteiger partial charge in [-0.15, -0.1) is 0 Å². The monoisotopic (exact) mass is 218 g/mol. The quantitative estimate of drug-likeness (QED) is 0.793. The van der Waals surface area contributed by atoms with Crippen molar-refractivity contribution in [1.29, 1.82) is 0 Å². The minimum atomic E-state index is -1.99. The van der Waals surface area contributed by atoms with Crippen LogP contribution in [0.25, 0.3) is 0 Å². The maximum Gasteiger partial charge on any atom is 0.188 e. The lowest BCUT2D eigenvalue weighted by atomic mass is 10.1. The average Bonchev–Trinajstić information content (AvgIpc) is 2.08. The number of aryl methyl sites for hydroxylation is 1. The third kappa shape index (κ3) is 2.79. The Balaban J connectivity index is 3.04. The lowest BCUT2D eigenvalue weighted by Gasteiger charge is -2.02. The largest absolute Gasteiger partial charge is 0.302 e. The molecular weight excluding hydrogens is 208 g/mol. The summed E-state index contributed by atoms with van der Waals surface area (Å²) in [6.07, 6.45) is 1.92. The Morgan fingerprint density at radius 3 is 2.77 bits per heavy atom. The molecule has 13 heavy (non-hydrogen) atoms. The predicted molar refractivity (Wildman–Crippen MR) is 54.5 cm³/mol. The molecule has 0 aliphatic heterocycles. The molecule has 1 N–H and O–H groups in total. The second-order valence-electron chi connectivity index (χ2n) is 2.76. The van der Waals surface area contributed by atoms with Gasteiger partial charge in [0.15, 0.2) is 11.1 Å². The van der Waals surface area contributed by atoms with E-state index in [0.717, 1.165) is 18.4 Å². The second kappa shape index (κ2) is 4.74. The minimum Gasteiger partial charge on any atom is -0.302 e. The molecule has 2 nitrogen and oxygen atoms in total. The zero-order valence-electron chi connectivity index (χ0n) is 7.29. The highest BCUT2D eigenvalue weighted by Crippen LogP contribution is 2.20. The first-order valence-corrected chi connectivity index (χ1v) is 5.53. The fraction of sp³-hybridized carbons (Fsp3) is 0.333. The van der Waals surface area contributed by atoms with E-state index in [1.165, 1.54) is 0 Å². The highest BCUT2D eigenvalue weighted by Gasteiger charge is 2.06. The first-order valence-electron chi connectivity index (χ1n) is 4.04. The molecule has 1 aromatic rings. The molecule has 0 aliphatic rings. The van der Waals surface area contributed by atoms with Crippen molar-refractivity contribution in [2.75, 3.05) is 0 Å². The Morgan fingerprint density at radius 2 is 2.23 bits per heavy atom. The standard InChI is InChI=1S/C9H11ClO2S/c1-2-3-7-4-5-8(10)9(6-7)13(11)12/h4-6H,2-3H2,1H3,(H,11,12).